The van der Waals surface area contributed by atoms with Crippen LogP contribution in [0, 0.1) is 0 Å². The molecule has 0 aromatic heterocycles. The Morgan fingerprint density at radius 1 is 0.700 bits per heavy atom. The first-order valence-electron chi connectivity index (χ1n) is 5.14. The van der Waals surface area contributed by atoms with Crippen LogP contribution in [0.4, 0.5) is 0 Å². The van der Waals surface area contributed by atoms with E-state index in [0.29, 0.717) is 11.1 Å². The van der Waals surface area contributed by atoms with Crippen molar-refractivity contribution in [1.82, 2.24) is 0 Å². The van der Waals surface area contributed by atoms with E-state index in [1.165, 1.54) is 48.6 Å². The van der Waals surface area contributed by atoms with Crippen molar-refractivity contribution in [1.29, 1.82) is 0 Å². The molecule has 0 fully saturated rings. The van der Waals surface area contributed by atoms with Gasteiger partial charge in [0.2, 0.25) is 24.3 Å². The zero-order chi connectivity index (χ0) is 14.8. The molecular formula is C12H6N4O4. The van der Waals surface area contributed by atoms with Crippen molar-refractivity contribution in [3.8, 4) is 0 Å². The molecule has 0 saturated carbocycles. The van der Waals surface area contributed by atoms with Gasteiger partial charge >= 0.3 is 0 Å². The van der Waals surface area contributed by atoms with Crippen LogP contribution in [0.5, 0.6) is 0 Å². The minimum Gasteiger partial charge on any atom is -0.211 e. The van der Waals surface area contributed by atoms with Gasteiger partial charge in [0.25, 0.3) is 0 Å². The molecule has 0 saturated heterocycles. The molecule has 0 spiro atoms. The highest BCUT2D eigenvalue weighted by Gasteiger charge is 2.13. The van der Waals surface area contributed by atoms with E-state index in [1.54, 1.807) is 0 Å². The summed E-state index contributed by atoms with van der Waals surface area (Å²) in [7, 11) is 0. The molecule has 0 aliphatic carbocycles. The summed E-state index contributed by atoms with van der Waals surface area (Å²) in [6.07, 6.45) is 2.91. The molecule has 0 aliphatic heterocycles. The largest absolute Gasteiger partial charge is 0.237 e. The highest BCUT2D eigenvalue weighted by atomic mass is 16.1. The molecule has 0 radical (unpaired) electrons. The molecule has 0 amide bonds. The summed E-state index contributed by atoms with van der Waals surface area (Å²) in [5.41, 5.74) is 0.697. The fourth-order valence-electron chi connectivity index (χ4n) is 1.44. The molecule has 8 nitrogen and oxygen atoms in total. The Labute approximate surface area is 112 Å². The molecule has 0 heterocycles. The van der Waals surface area contributed by atoms with E-state index in [1.807, 2.05) is 0 Å². The normalized spacial score (nSPS) is 11.6. The summed E-state index contributed by atoms with van der Waals surface area (Å²) in [6.45, 7) is 0. The van der Waals surface area contributed by atoms with Crippen molar-refractivity contribution in [3.05, 3.63) is 35.4 Å². The Morgan fingerprint density at radius 2 is 1.05 bits per heavy atom. The lowest BCUT2D eigenvalue weighted by molar-refractivity contribution is 0.551. The minimum atomic E-state index is -1.11. The Morgan fingerprint density at radius 3 is 1.35 bits per heavy atom. The molecule has 0 atom stereocenters. The van der Waals surface area contributed by atoms with Gasteiger partial charge < -0.3 is 0 Å². The van der Waals surface area contributed by atoms with Crippen LogP contribution in [0.1, 0.15) is 23.5 Å². The molecule has 0 bridgehead atoms. The molecule has 1 rings (SSSR count). The topological polar surface area (TPSA) is 118 Å². The first-order valence-corrected chi connectivity index (χ1v) is 5.14. The molecule has 1 aromatic rings. The number of rotatable bonds is 6. The van der Waals surface area contributed by atoms with Crippen LogP contribution in [-0.2, 0) is 19.2 Å². The molecular weight excluding hydrogens is 264 g/mol. The number of carbonyl (C=O) groups excluding carboxylic acids is 4. The van der Waals surface area contributed by atoms with Crippen LogP contribution >= 0.6 is 0 Å². The van der Waals surface area contributed by atoms with E-state index in [9.17, 15) is 19.2 Å². The van der Waals surface area contributed by atoms with E-state index in [2.05, 4.69) is 20.0 Å². The fraction of sp³-hybridized carbons (Fsp3) is 0.167. The van der Waals surface area contributed by atoms with Crippen molar-refractivity contribution in [2.45, 2.75) is 12.3 Å². The van der Waals surface area contributed by atoms with E-state index in [4.69, 9.17) is 0 Å². The molecule has 0 unspecified atom stereocenters. The summed E-state index contributed by atoms with van der Waals surface area (Å²) in [4.78, 5) is 54.4. The second kappa shape index (κ2) is 7.95. The Hall–Kier alpha value is -3.26. The van der Waals surface area contributed by atoms with Crippen molar-refractivity contribution >= 4 is 24.3 Å². The van der Waals surface area contributed by atoms with Gasteiger partial charge in [-0.1, -0.05) is 18.2 Å². The maximum atomic E-state index is 10.3. The van der Waals surface area contributed by atoms with Gasteiger partial charge in [-0.05, 0) is 6.07 Å². The molecule has 0 N–H and O–H groups in total. The van der Waals surface area contributed by atoms with Gasteiger partial charge in [-0.2, -0.15) is 20.0 Å². The van der Waals surface area contributed by atoms with Crippen LogP contribution in [0.3, 0.4) is 0 Å². The number of nitrogens with zero attached hydrogens (tertiary/aromatic N) is 4. The van der Waals surface area contributed by atoms with Crippen LogP contribution in [0.25, 0.3) is 0 Å². The third-order valence-corrected chi connectivity index (χ3v) is 2.21. The van der Waals surface area contributed by atoms with Crippen LogP contribution in [0.15, 0.2) is 44.2 Å². The van der Waals surface area contributed by atoms with Gasteiger partial charge in [-0.25, -0.2) is 19.2 Å². The number of isocyanates is 4. The van der Waals surface area contributed by atoms with Crippen molar-refractivity contribution in [3.63, 3.8) is 0 Å². The summed E-state index contributed by atoms with van der Waals surface area (Å²) >= 11 is 0. The number of hydrogen-bond acceptors (Lipinski definition) is 8. The van der Waals surface area contributed by atoms with E-state index < -0.39 is 12.3 Å². The smallest absolute Gasteiger partial charge is 0.211 e. The third-order valence-electron chi connectivity index (χ3n) is 2.21. The van der Waals surface area contributed by atoms with Crippen LogP contribution in [0.2, 0.25) is 0 Å². The zero-order valence-electron chi connectivity index (χ0n) is 9.89. The quantitative estimate of drug-likeness (QED) is 0.566. The average molecular weight is 270 g/mol. The van der Waals surface area contributed by atoms with Gasteiger partial charge in [0, 0.05) is 11.1 Å². The monoisotopic (exact) mass is 270 g/mol. The fourth-order valence-corrected chi connectivity index (χ4v) is 1.44. The Balaban J connectivity index is 3.29. The van der Waals surface area contributed by atoms with Crippen molar-refractivity contribution < 1.29 is 19.2 Å². The average Bonchev–Trinajstić information content (AvgIpc) is 2.47. The summed E-state index contributed by atoms with van der Waals surface area (Å²) in [6, 6.07) is 6.02. The third kappa shape index (κ3) is 3.89. The number of hydrogen-bond donors (Lipinski definition) is 0. The van der Waals surface area contributed by atoms with Gasteiger partial charge in [-0.3, -0.25) is 0 Å². The summed E-state index contributed by atoms with van der Waals surface area (Å²) < 4.78 is 0. The van der Waals surface area contributed by atoms with Gasteiger partial charge in [0.1, 0.15) is 0 Å². The molecule has 8 heteroatoms. The van der Waals surface area contributed by atoms with Crippen molar-refractivity contribution in [2.24, 2.45) is 20.0 Å². The maximum Gasteiger partial charge on any atom is 0.237 e. The molecule has 1 aromatic carbocycles. The minimum absolute atomic E-state index is 0.349. The van der Waals surface area contributed by atoms with E-state index in [-0.39, 0.29) is 0 Å². The Bertz CT molecular complexity index is 585. The molecule has 20 heavy (non-hydrogen) atoms. The maximum absolute atomic E-state index is 10.3. The predicted octanol–water partition coefficient (Wildman–Crippen LogP) is 1.03. The van der Waals surface area contributed by atoms with Crippen molar-refractivity contribution in [2.75, 3.05) is 0 Å². The zero-order valence-corrected chi connectivity index (χ0v) is 9.89. The lowest BCUT2D eigenvalue weighted by Crippen LogP contribution is -1.96. The second-order valence-corrected chi connectivity index (χ2v) is 3.30. The van der Waals surface area contributed by atoms with Crippen LogP contribution in [-0.4, -0.2) is 24.3 Å². The highest BCUT2D eigenvalue weighted by molar-refractivity contribution is 5.42. The number of benzene rings is 1. The summed E-state index contributed by atoms with van der Waals surface area (Å²) in [5.74, 6) is 0. The first kappa shape index (κ1) is 14.8. The van der Waals surface area contributed by atoms with E-state index >= 15 is 0 Å². The molecule has 98 valence electrons. The predicted molar refractivity (Wildman–Crippen MR) is 64.4 cm³/mol. The number of aliphatic imine (C=N–C) groups is 4. The second-order valence-electron chi connectivity index (χ2n) is 3.30. The van der Waals surface area contributed by atoms with Gasteiger partial charge in [0.05, 0.1) is 0 Å². The Kier molecular flexibility index (Phi) is 5.88. The standard InChI is InChI=1S/C12H6N4O4/c17-5-13-11(14-6-18)9-2-1-3-10(4-9)12(15-7-19)16-8-20/h1-4,11-12H. The summed E-state index contributed by atoms with van der Waals surface area (Å²) in [5, 5.41) is 0. The lowest BCUT2D eigenvalue weighted by Gasteiger charge is -2.08. The molecule has 0 aliphatic rings. The van der Waals surface area contributed by atoms with Crippen LogP contribution < -0.4 is 0 Å². The van der Waals surface area contributed by atoms with Gasteiger partial charge in [0.15, 0.2) is 12.3 Å². The SMILES string of the molecule is O=C=NC(N=C=O)c1cccc(C(N=C=O)N=C=O)c1. The highest BCUT2D eigenvalue weighted by Crippen LogP contribution is 2.24. The van der Waals surface area contributed by atoms with Gasteiger partial charge in [-0.15, -0.1) is 0 Å². The first-order chi connectivity index (χ1) is 9.76. The van der Waals surface area contributed by atoms with E-state index in [0.717, 1.165) is 0 Å². The lowest BCUT2D eigenvalue weighted by atomic mass is 10.1.